The van der Waals surface area contributed by atoms with Gasteiger partial charge in [0, 0.05) is 24.2 Å². The van der Waals surface area contributed by atoms with Crippen LogP contribution in [0.1, 0.15) is 40.0 Å². The number of urea groups is 1. The number of aliphatic carboxylic acids is 1. The fourth-order valence-corrected chi connectivity index (χ4v) is 1.94. The molecule has 1 aliphatic rings. The highest BCUT2D eigenvalue weighted by Gasteiger charge is 2.24. The van der Waals surface area contributed by atoms with Crippen molar-refractivity contribution in [1.29, 1.82) is 0 Å². The first kappa shape index (κ1) is 16.2. The molecule has 1 fully saturated rings. The molecule has 0 radical (unpaired) electrons. The van der Waals surface area contributed by atoms with Gasteiger partial charge in [-0.25, -0.2) is 9.59 Å². The second kappa shape index (κ2) is 7.07. The molecule has 6 nitrogen and oxygen atoms in total. The van der Waals surface area contributed by atoms with Crippen molar-refractivity contribution in [2.45, 2.75) is 40.0 Å². The first-order valence-corrected chi connectivity index (χ1v) is 6.87. The van der Waals surface area contributed by atoms with Crippen LogP contribution < -0.4 is 5.32 Å². The highest BCUT2D eigenvalue weighted by atomic mass is 16.4. The predicted octanol–water partition coefficient (Wildman–Crippen LogP) is 1.77. The van der Waals surface area contributed by atoms with Crippen LogP contribution in [0.15, 0.2) is 11.1 Å². The quantitative estimate of drug-likeness (QED) is 0.752. The van der Waals surface area contributed by atoms with Gasteiger partial charge in [0.2, 0.25) is 0 Å². The van der Waals surface area contributed by atoms with Crippen molar-refractivity contribution < 1.29 is 19.5 Å². The lowest BCUT2D eigenvalue weighted by atomic mass is 9.85. The largest absolute Gasteiger partial charge is 0.478 e. The van der Waals surface area contributed by atoms with Crippen molar-refractivity contribution >= 4 is 17.9 Å². The van der Waals surface area contributed by atoms with Gasteiger partial charge in [-0.2, -0.15) is 0 Å². The predicted molar refractivity (Wildman–Crippen MR) is 74.1 cm³/mol. The fraction of sp³-hybridized carbons (Fsp3) is 0.643. The molecule has 0 aromatic carbocycles. The molecular formula is C14H22N2O4. The monoisotopic (exact) mass is 282 g/mol. The number of imide groups is 1. The molecule has 0 heterocycles. The Bertz CT molecular complexity index is 438. The third-order valence-corrected chi connectivity index (χ3v) is 3.82. The lowest BCUT2D eigenvalue weighted by Crippen LogP contribution is -2.46. The highest BCUT2D eigenvalue weighted by molar-refractivity contribution is 6.07. The SMILES string of the molecule is CCN(CC1CCC1)C(=O)NC(=O)C(C)=C(C)C(=O)O. The fourth-order valence-electron chi connectivity index (χ4n) is 1.94. The van der Waals surface area contributed by atoms with E-state index in [1.165, 1.54) is 20.3 Å². The van der Waals surface area contributed by atoms with Gasteiger partial charge >= 0.3 is 12.0 Å². The Morgan fingerprint density at radius 2 is 1.80 bits per heavy atom. The molecule has 0 aliphatic heterocycles. The summed E-state index contributed by atoms with van der Waals surface area (Å²) in [5, 5.41) is 11.1. The Hall–Kier alpha value is -1.85. The molecule has 112 valence electrons. The second-order valence-electron chi connectivity index (χ2n) is 5.15. The van der Waals surface area contributed by atoms with Gasteiger partial charge < -0.3 is 10.0 Å². The first-order chi connectivity index (χ1) is 9.36. The number of nitrogens with one attached hydrogen (secondary N) is 1. The molecule has 20 heavy (non-hydrogen) atoms. The van der Waals surface area contributed by atoms with Crippen LogP contribution in [0.5, 0.6) is 0 Å². The van der Waals surface area contributed by atoms with E-state index in [4.69, 9.17) is 5.11 Å². The Morgan fingerprint density at radius 3 is 2.20 bits per heavy atom. The molecule has 1 rings (SSSR count). The van der Waals surface area contributed by atoms with Crippen LogP contribution in [-0.4, -0.2) is 41.0 Å². The minimum absolute atomic E-state index is 0.0468. The molecule has 0 unspecified atom stereocenters. The number of carboxylic acid groups (broad SMARTS) is 1. The molecular weight excluding hydrogens is 260 g/mol. The number of rotatable bonds is 5. The van der Waals surface area contributed by atoms with Gasteiger partial charge in [0.05, 0.1) is 0 Å². The van der Waals surface area contributed by atoms with E-state index in [0.29, 0.717) is 19.0 Å². The summed E-state index contributed by atoms with van der Waals surface area (Å²) >= 11 is 0. The first-order valence-electron chi connectivity index (χ1n) is 6.87. The lowest BCUT2D eigenvalue weighted by Gasteiger charge is -2.31. The van der Waals surface area contributed by atoms with Gasteiger partial charge in [-0.05, 0) is 39.5 Å². The standard InChI is InChI=1S/C14H22N2O4/c1-4-16(8-11-6-5-7-11)14(20)15-12(17)9(2)10(3)13(18)19/h11H,4-8H2,1-3H3,(H,18,19)(H,15,17,20). The molecule has 1 aliphatic carbocycles. The molecule has 0 aromatic rings. The number of carbonyl (C=O) groups excluding carboxylic acids is 2. The topological polar surface area (TPSA) is 86.7 Å². The summed E-state index contributed by atoms with van der Waals surface area (Å²) in [6.45, 7) is 5.77. The minimum Gasteiger partial charge on any atom is -0.478 e. The van der Waals surface area contributed by atoms with E-state index >= 15 is 0 Å². The Kier molecular flexibility index (Phi) is 5.73. The van der Waals surface area contributed by atoms with Crippen molar-refractivity contribution in [3.8, 4) is 0 Å². The number of amides is 3. The van der Waals surface area contributed by atoms with Gasteiger partial charge in [0.15, 0.2) is 0 Å². The lowest BCUT2D eigenvalue weighted by molar-refractivity contribution is -0.133. The van der Waals surface area contributed by atoms with Crippen molar-refractivity contribution in [1.82, 2.24) is 10.2 Å². The zero-order valence-corrected chi connectivity index (χ0v) is 12.2. The summed E-state index contributed by atoms with van der Waals surface area (Å²) < 4.78 is 0. The second-order valence-corrected chi connectivity index (χ2v) is 5.15. The number of carboxylic acids is 1. The highest BCUT2D eigenvalue weighted by Crippen LogP contribution is 2.27. The normalized spacial score (nSPS) is 15.9. The van der Waals surface area contributed by atoms with Crippen molar-refractivity contribution in [2.75, 3.05) is 13.1 Å². The van der Waals surface area contributed by atoms with Gasteiger partial charge in [-0.3, -0.25) is 10.1 Å². The zero-order chi connectivity index (χ0) is 15.3. The van der Waals surface area contributed by atoms with Gasteiger partial charge in [0.1, 0.15) is 0 Å². The molecule has 0 bridgehead atoms. The Balaban J connectivity index is 2.61. The van der Waals surface area contributed by atoms with E-state index in [9.17, 15) is 14.4 Å². The molecule has 6 heteroatoms. The Labute approximate surface area is 118 Å². The smallest absolute Gasteiger partial charge is 0.331 e. The van der Waals surface area contributed by atoms with E-state index in [0.717, 1.165) is 12.8 Å². The average Bonchev–Trinajstić information content (AvgIpc) is 2.35. The summed E-state index contributed by atoms with van der Waals surface area (Å²) in [5.74, 6) is -1.29. The molecule has 0 aromatic heterocycles. The Morgan fingerprint density at radius 1 is 1.20 bits per heavy atom. The molecule has 3 amide bonds. The summed E-state index contributed by atoms with van der Waals surface area (Å²) in [6, 6.07) is -0.457. The van der Waals surface area contributed by atoms with Crippen LogP contribution in [0.25, 0.3) is 0 Å². The van der Waals surface area contributed by atoms with Crippen LogP contribution in [0.4, 0.5) is 4.79 Å². The van der Waals surface area contributed by atoms with Crippen molar-refractivity contribution in [2.24, 2.45) is 5.92 Å². The average molecular weight is 282 g/mol. The van der Waals surface area contributed by atoms with E-state index in [-0.39, 0.29) is 11.1 Å². The molecule has 1 saturated carbocycles. The summed E-state index contributed by atoms with van der Waals surface area (Å²) in [7, 11) is 0. The van der Waals surface area contributed by atoms with Gasteiger partial charge in [0.25, 0.3) is 5.91 Å². The van der Waals surface area contributed by atoms with Crippen molar-refractivity contribution in [3.63, 3.8) is 0 Å². The van der Waals surface area contributed by atoms with E-state index < -0.39 is 17.9 Å². The summed E-state index contributed by atoms with van der Waals surface area (Å²) in [5.41, 5.74) is -0.0112. The van der Waals surface area contributed by atoms with Gasteiger partial charge in [-0.1, -0.05) is 6.42 Å². The number of hydrogen-bond acceptors (Lipinski definition) is 3. The van der Waals surface area contributed by atoms with Crippen molar-refractivity contribution in [3.05, 3.63) is 11.1 Å². The van der Waals surface area contributed by atoms with Gasteiger partial charge in [-0.15, -0.1) is 0 Å². The molecule has 2 N–H and O–H groups in total. The van der Waals surface area contributed by atoms with Crippen LogP contribution in [0.3, 0.4) is 0 Å². The minimum atomic E-state index is -1.16. The number of hydrogen-bond donors (Lipinski definition) is 2. The van der Waals surface area contributed by atoms with E-state index in [2.05, 4.69) is 5.32 Å². The maximum Gasteiger partial charge on any atom is 0.331 e. The number of carbonyl (C=O) groups is 3. The van der Waals surface area contributed by atoms with Crippen LogP contribution >= 0.6 is 0 Å². The third kappa shape index (κ3) is 4.08. The van der Waals surface area contributed by atoms with Crippen LogP contribution in [0.2, 0.25) is 0 Å². The molecule has 0 saturated heterocycles. The maximum atomic E-state index is 12.0. The summed E-state index contributed by atoms with van der Waals surface area (Å²) in [6.07, 6.45) is 3.44. The summed E-state index contributed by atoms with van der Waals surface area (Å²) in [4.78, 5) is 36.2. The van der Waals surface area contributed by atoms with E-state index in [1.54, 1.807) is 4.90 Å². The number of nitrogens with zero attached hydrogens (tertiary/aromatic N) is 1. The maximum absolute atomic E-state index is 12.0. The zero-order valence-electron chi connectivity index (χ0n) is 12.2. The molecule has 0 spiro atoms. The van der Waals surface area contributed by atoms with Crippen LogP contribution in [-0.2, 0) is 9.59 Å². The molecule has 0 atom stereocenters. The third-order valence-electron chi connectivity index (χ3n) is 3.82. The van der Waals surface area contributed by atoms with E-state index in [1.807, 2.05) is 6.92 Å². The van der Waals surface area contributed by atoms with Crippen LogP contribution in [0, 0.1) is 5.92 Å².